The molecule has 0 aliphatic carbocycles. The Hall–Kier alpha value is -1.59. The second-order valence-corrected chi connectivity index (χ2v) is 5.07. The van der Waals surface area contributed by atoms with Crippen molar-refractivity contribution in [2.75, 3.05) is 19.8 Å². The molecule has 0 spiro atoms. The van der Waals surface area contributed by atoms with E-state index in [4.69, 9.17) is 15.2 Å². The highest BCUT2D eigenvalue weighted by atomic mass is 16.5. The Morgan fingerprint density at radius 2 is 2.15 bits per heavy atom. The Labute approximate surface area is 119 Å². The van der Waals surface area contributed by atoms with Crippen molar-refractivity contribution >= 4 is 5.91 Å². The van der Waals surface area contributed by atoms with Crippen LogP contribution in [0.4, 0.5) is 0 Å². The van der Waals surface area contributed by atoms with Crippen LogP contribution in [0.3, 0.4) is 0 Å². The Balaban J connectivity index is 1.83. The lowest BCUT2D eigenvalue weighted by molar-refractivity contribution is -0.124. The molecule has 1 aliphatic heterocycles. The van der Waals surface area contributed by atoms with Gasteiger partial charge < -0.3 is 20.5 Å². The van der Waals surface area contributed by atoms with Crippen LogP contribution >= 0.6 is 0 Å². The molecule has 0 radical (unpaired) electrons. The van der Waals surface area contributed by atoms with Crippen molar-refractivity contribution in [2.24, 2.45) is 5.73 Å². The number of ether oxygens (including phenoxy) is 2. The maximum Gasteiger partial charge on any atom is 0.258 e. The number of benzene rings is 1. The average molecular weight is 278 g/mol. The van der Waals surface area contributed by atoms with Gasteiger partial charge in [-0.25, -0.2) is 0 Å². The number of carbonyl (C=O) groups excluding carboxylic acids is 1. The van der Waals surface area contributed by atoms with Gasteiger partial charge in [-0.05, 0) is 25.8 Å². The summed E-state index contributed by atoms with van der Waals surface area (Å²) in [4.78, 5) is 11.9. The zero-order valence-electron chi connectivity index (χ0n) is 11.8. The van der Waals surface area contributed by atoms with Crippen LogP contribution in [0, 0.1) is 0 Å². The molecule has 0 bridgehead atoms. The van der Waals surface area contributed by atoms with Crippen LogP contribution in [-0.4, -0.2) is 31.8 Å². The van der Waals surface area contributed by atoms with E-state index >= 15 is 0 Å². The fourth-order valence-corrected chi connectivity index (χ4v) is 2.24. The Morgan fingerprint density at radius 1 is 1.45 bits per heavy atom. The van der Waals surface area contributed by atoms with E-state index in [9.17, 15) is 4.79 Å². The van der Waals surface area contributed by atoms with Gasteiger partial charge in [-0.15, -0.1) is 0 Å². The maximum atomic E-state index is 11.9. The molecule has 1 aromatic carbocycles. The fourth-order valence-electron chi connectivity index (χ4n) is 2.24. The molecule has 20 heavy (non-hydrogen) atoms. The molecule has 1 aliphatic rings. The van der Waals surface area contributed by atoms with Crippen LogP contribution < -0.4 is 15.8 Å². The third kappa shape index (κ3) is 4.21. The molecular formula is C15H22N2O3. The standard InChI is InChI=1S/C15H22N2O3/c1-11(16)13-4-2-3-5-14(13)20-10-15(18)17-12-6-8-19-9-7-12/h2-5,11-12H,6-10,16H2,1H3,(H,17,18)/t11-/m0/s1. The number of carbonyl (C=O) groups is 1. The van der Waals surface area contributed by atoms with Crippen LogP contribution in [0.1, 0.15) is 31.4 Å². The maximum absolute atomic E-state index is 11.9. The third-order valence-corrected chi connectivity index (χ3v) is 3.35. The number of para-hydroxylation sites is 1. The summed E-state index contributed by atoms with van der Waals surface area (Å²) in [6, 6.07) is 7.61. The van der Waals surface area contributed by atoms with Crippen molar-refractivity contribution in [1.29, 1.82) is 0 Å². The number of nitrogens with one attached hydrogen (secondary N) is 1. The summed E-state index contributed by atoms with van der Waals surface area (Å²) in [5, 5.41) is 2.96. The van der Waals surface area contributed by atoms with Gasteiger partial charge in [0.2, 0.25) is 0 Å². The second-order valence-electron chi connectivity index (χ2n) is 5.07. The minimum Gasteiger partial charge on any atom is -0.483 e. The molecule has 5 nitrogen and oxygen atoms in total. The molecule has 1 aromatic rings. The van der Waals surface area contributed by atoms with Crippen LogP contribution in [0.2, 0.25) is 0 Å². The Bertz CT molecular complexity index is 442. The molecule has 2 rings (SSSR count). The number of rotatable bonds is 5. The predicted octanol–water partition coefficient (Wildman–Crippen LogP) is 1.38. The zero-order valence-corrected chi connectivity index (χ0v) is 11.8. The molecule has 1 fully saturated rings. The molecule has 5 heteroatoms. The summed E-state index contributed by atoms with van der Waals surface area (Å²) >= 11 is 0. The normalized spacial score (nSPS) is 17.5. The van der Waals surface area contributed by atoms with E-state index in [1.807, 2.05) is 31.2 Å². The molecule has 0 aromatic heterocycles. The lowest BCUT2D eigenvalue weighted by atomic mass is 10.1. The summed E-state index contributed by atoms with van der Waals surface area (Å²) in [6.07, 6.45) is 1.73. The number of hydrogen-bond donors (Lipinski definition) is 2. The lowest BCUT2D eigenvalue weighted by Crippen LogP contribution is -2.41. The summed E-state index contributed by atoms with van der Waals surface area (Å²) in [6.45, 7) is 3.32. The predicted molar refractivity (Wildman–Crippen MR) is 76.5 cm³/mol. The first kappa shape index (κ1) is 14.8. The molecule has 3 N–H and O–H groups in total. The van der Waals surface area contributed by atoms with Crippen molar-refractivity contribution in [3.63, 3.8) is 0 Å². The monoisotopic (exact) mass is 278 g/mol. The van der Waals surface area contributed by atoms with E-state index in [1.54, 1.807) is 0 Å². The first-order valence-electron chi connectivity index (χ1n) is 7.01. The molecule has 1 amide bonds. The third-order valence-electron chi connectivity index (χ3n) is 3.35. The lowest BCUT2D eigenvalue weighted by Gasteiger charge is -2.23. The van der Waals surface area contributed by atoms with Crippen LogP contribution in [0.5, 0.6) is 5.75 Å². The summed E-state index contributed by atoms with van der Waals surface area (Å²) in [5.41, 5.74) is 6.78. The second kappa shape index (κ2) is 7.26. The number of hydrogen-bond acceptors (Lipinski definition) is 4. The van der Waals surface area contributed by atoms with E-state index in [1.165, 1.54) is 0 Å². The van der Waals surface area contributed by atoms with Gasteiger partial charge in [0.15, 0.2) is 6.61 Å². The van der Waals surface area contributed by atoms with Gasteiger partial charge in [-0.3, -0.25) is 4.79 Å². The quantitative estimate of drug-likeness (QED) is 0.853. The van der Waals surface area contributed by atoms with Crippen LogP contribution in [0.15, 0.2) is 24.3 Å². The largest absolute Gasteiger partial charge is 0.483 e. The number of amides is 1. The SMILES string of the molecule is C[C@H](N)c1ccccc1OCC(=O)NC1CCOCC1. The first-order valence-corrected chi connectivity index (χ1v) is 7.01. The van der Waals surface area contributed by atoms with Gasteiger partial charge in [0, 0.05) is 30.9 Å². The van der Waals surface area contributed by atoms with Gasteiger partial charge in [-0.2, -0.15) is 0 Å². The minimum absolute atomic E-state index is 0.0150. The smallest absolute Gasteiger partial charge is 0.258 e. The van der Waals surface area contributed by atoms with E-state index in [0.29, 0.717) is 19.0 Å². The highest BCUT2D eigenvalue weighted by Gasteiger charge is 2.16. The van der Waals surface area contributed by atoms with Crippen molar-refractivity contribution < 1.29 is 14.3 Å². The minimum atomic E-state index is -0.121. The van der Waals surface area contributed by atoms with E-state index in [2.05, 4.69) is 5.32 Å². The molecule has 1 saturated heterocycles. The molecule has 0 unspecified atom stereocenters. The van der Waals surface area contributed by atoms with Gasteiger partial charge in [0.05, 0.1) is 0 Å². The van der Waals surface area contributed by atoms with Crippen LogP contribution in [-0.2, 0) is 9.53 Å². The average Bonchev–Trinajstić information content (AvgIpc) is 2.46. The molecule has 110 valence electrons. The van der Waals surface area contributed by atoms with E-state index in [0.717, 1.165) is 18.4 Å². The van der Waals surface area contributed by atoms with Crippen molar-refractivity contribution in [2.45, 2.75) is 31.8 Å². The summed E-state index contributed by atoms with van der Waals surface area (Å²) < 4.78 is 10.8. The highest BCUT2D eigenvalue weighted by molar-refractivity contribution is 5.77. The molecule has 1 heterocycles. The topological polar surface area (TPSA) is 73.6 Å². The Morgan fingerprint density at radius 3 is 2.85 bits per heavy atom. The van der Waals surface area contributed by atoms with E-state index in [-0.39, 0.29) is 24.6 Å². The molecule has 1 atom stereocenters. The first-order chi connectivity index (χ1) is 9.66. The summed E-state index contributed by atoms with van der Waals surface area (Å²) in [5.74, 6) is 0.570. The van der Waals surface area contributed by atoms with Gasteiger partial charge in [0.1, 0.15) is 5.75 Å². The van der Waals surface area contributed by atoms with Gasteiger partial charge in [0.25, 0.3) is 5.91 Å². The van der Waals surface area contributed by atoms with Crippen LogP contribution in [0.25, 0.3) is 0 Å². The Kier molecular flexibility index (Phi) is 5.38. The number of nitrogens with two attached hydrogens (primary N) is 1. The molecular weight excluding hydrogens is 256 g/mol. The van der Waals surface area contributed by atoms with E-state index < -0.39 is 0 Å². The van der Waals surface area contributed by atoms with Crippen molar-refractivity contribution in [3.05, 3.63) is 29.8 Å². The van der Waals surface area contributed by atoms with Gasteiger partial charge in [-0.1, -0.05) is 18.2 Å². The highest BCUT2D eigenvalue weighted by Crippen LogP contribution is 2.22. The zero-order chi connectivity index (χ0) is 14.4. The fraction of sp³-hybridized carbons (Fsp3) is 0.533. The van der Waals surface area contributed by atoms with Crippen molar-refractivity contribution in [1.82, 2.24) is 5.32 Å². The molecule has 0 saturated carbocycles. The summed E-state index contributed by atoms with van der Waals surface area (Å²) in [7, 11) is 0. The van der Waals surface area contributed by atoms with Crippen molar-refractivity contribution in [3.8, 4) is 5.75 Å². The van der Waals surface area contributed by atoms with Gasteiger partial charge >= 0.3 is 0 Å².